The summed E-state index contributed by atoms with van der Waals surface area (Å²) in [4.78, 5) is 11.7. The molecule has 1 saturated carbocycles. The molecule has 0 amide bonds. The predicted molar refractivity (Wildman–Crippen MR) is 75.4 cm³/mol. The molecule has 0 saturated heterocycles. The Kier molecular flexibility index (Phi) is 5.43. The first-order chi connectivity index (χ1) is 8.59. The quantitative estimate of drug-likeness (QED) is 0.508. The van der Waals surface area contributed by atoms with E-state index in [4.69, 9.17) is 4.74 Å². The third kappa shape index (κ3) is 2.62. The third-order valence-corrected chi connectivity index (χ3v) is 5.12. The van der Waals surface area contributed by atoms with Gasteiger partial charge in [0.15, 0.2) is 0 Å². The van der Waals surface area contributed by atoms with E-state index in [1.165, 1.54) is 25.3 Å². The molecule has 1 fully saturated rings. The molecule has 0 aromatic rings. The SMILES string of the molecule is C=CC(=O)OC1(C(CC)(CC)CC)CCCCC1. The summed E-state index contributed by atoms with van der Waals surface area (Å²) < 4.78 is 5.91. The molecule has 104 valence electrons. The molecule has 0 aliphatic heterocycles. The van der Waals surface area contributed by atoms with Crippen LogP contribution in [0.1, 0.15) is 72.1 Å². The van der Waals surface area contributed by atoms with Crippen molar-refractivity contribution < 1.29 is 9.53 Å². The van der Waals surface area contributed by atoms with Gasteiger partial charge in [-0.2, -0.15) is 0 Å². The highest BCUT2D eigenvalue weighted by atomic mass is 16.6. The molecule has 18 heavy (non-hydrogen) atoms. The van der Waals surface area contributed by atoms with Crippen LogP contribution in [0, 0.1) is 5.41 Å². The highest BCUT2D eigenvalue weighted by Crippen LogP contribution is 2.51. The van der Waals surface area contributed by atoms with Crippen molar-refractivity contribution in [3.63, 3.8) is 0 Å². The Morgan fingerprint density at radius 2 is 1.67 bits per heavy atom. The largest absolute Gasteiger partial charge is 0.455 e. The molecule has 0 unspecified atom stereocenters. The van der Waals surface area contributed by atoms with Crippen LogP contribution in [0.5, 0.6) is 0 Å². The zero-order chi connectivity index (χ0) is 13.6. The molecule has 1 aliphatic rings. The molecule has 0 bridgehead atoms. The topological polar surface area (TPSA) is 26.3 Å². The molecule has 2 nitrogen and oxygen atoms in total. The van der Waals surface area contributed by atoms with Gasteiger partial charge in [0.1, 0.15) is 5.60 Å². The van der Waals surface area contributed by atoms with Crippen LogP contribution >= 0.6 is 0 Å². The number of hydrogen-bond donors (Lipinski definition) is 0. The van der Waals surface area contributed by atoms with Crippen molar-refractivity contribution in [1.29, 1.82) is 0 Å². The Hall–Kier alpha value is -0.790. The molecule has 2 heteroatoms. The van der Waals surface area contributed by atoms with Crippen molar-refractivity contribution in [2.45, 2.75) is 77.7 Å². The van der Waals surface area contributed by atoms with Crippen LogP contribution < -0.4 is 0 Å². The number of hydrogen-bond acceptors (Lipinski definition) is 2. The first kappa shape index (κ1) is 15.3. The Balaban J connectivity index is 3.08. The van der Waals surface area contributed by atoms with E-state index in [1.807, 2.05) is 0 Å². The normalized spacial score (nSPS) is 19.3. The van der Waals surface area contributed by atoms with E-state index in [0.717, 1.165) is 32.1 Å². The van der Waals surface area contributed by atoms with E-state index in [-0.39, 0.29) is 17.0 Å². The van der Waals surface area contributed by atoms with E-state index < -0.39 is 0 Å². The maximum absolute atomic E-state index is 11.7. The summed E-state index contributed by atoms with van der Waals surface area (Å²) in [6.45, 7) is 10.2. The van der Waals surface area contributed by atoms with E-state index in [9.17, 15) is 4.79 Å². The monoisotopic (exact) mass is 252 g/mol. The van der Waals surface area contributed by atoms with Gasteiger partial charge in [0.25, 0.3) is 0 Å². The van der Waals surface area contributed by atoms with E-state index in [0.29, 0.717) is 0 Å². The summed E-state index contributed by atoms with van der Waals surface area (Å²) in [6, 6.07) is 0. The summed E-state index contributed by atoms with van der Waals surface area (Å²) in [5.41, 5.74) is -0.124. The minimum Gasteiger partial charge on any atom is -0.455 e. The lowest BCUT2D eigenvalue weighted by molar-refractivity contribution is -0.182. The van der Waals surface area contributed by atoms with Crippen molar-refractivity contribution in [1.82, 2.24) is 0 Å². The van der Waals surface area contributed by atoms with Crippen LogP contribution in [-0.4, -0.2) is 11.6 Å². The fourth-order valence-corrected chi connectivity index (χ4v) is 3.81. The predicted octanol–water partition coefficient (Wildman–Crippen LogP) is 4.63. The van der Waals surface area contributed by atoms with Gasteiger partial charge in [-0.25, -0.2) is 4.79 Å². The third-order valence-electron chi connectivity index (χ3n) is 5.12. The van der Waals surface area contributed by atoms with Crippen LogP contribution in [0.2, 0.25) is 0 Å². The van der Waals surface area contributed by atoms with E-state index >= 15 is 0 Å². The smallest absolute Gasteiger partial charge is 0.330 e. The maximum atomic E-state index is 11.7. The average molecular weight is 252 g/mol. The fraction of sp³-hybridized carbons (Fsp3) is 0.812. The summed E-state index contributed by atoms with van der Waals surface area (Å²) >= 11 is 0. The zero-order valence-corrected chi connectivity index (χ0v) is 12.3. The van der Waals surface area contributed by atoms with Crippen molar-refractivity contribution in [2.75, 3.05) is 0 Å². The van der Waals surface area contributed by atoms with Gasteiger partial charge >= 0.3 is 5.97 Å². The molecular weight excluding hydrogens is 224 g/mol. The zero-order valence-electron chi connectivity index (χ0n) is 12.3. The first-order valence-corrected chi connectivity index (χ1v) is 7.45. The number of rotatable bonds is 6. The molecule has 0 spiro atoms. The second-order valence-electron chi connectivity index (χ2n) is 5.52. The summed E-state index contributed by atoms with van der Waals surface area (Å²) in [5.74, 6) is -0.253. The minimum absolute atomic E-state index is 0.131. The highest BCUT2D eigenvalue weighted by molar-refractivity contribution is 5.81. The Bertz CT molecular complexity index is 275. The van der Waals surface area contributed by atoms with Crippen LogP contribution in [0.3, 0.4) is 0 Å². The second kappa shape index (κ2) is 6.40. The molecule has 0 N–H and O–H groups in total. The molecule has 0 heterocycles. The summed E-state index contributed by atoms with van der Waals surface area (Å²) in [7, 11) is 0. The van der Waals surface area contributed by atoms with E-state index in [2.05, 4.69) is 27.4 Å². The van der Waals surface area contributed by atoms with Crippen LogP contribution in [-0.2, 0) is 9.53 Å². The van der Waals surface area contributed by atoms with Crippen LogP contribution in [0.25, 0.3) is 0 Å². The maximum Gasteiger partial charge on any atom is 0.330 e. The number of esters is 1. The molecule has 0 atom stereocenters. The van der Waals surface area contributed by atoms with Crippen LogP contribution in [0.4, 0.5) is 0 Å². The van der Waals surface area contributed by atoms with Crippen molar-refractivity contribution >= 4 is 5.97 Å². The second-order valence-corrected chi connectivity index (χ2v) is 5.52. The van der Waals surface area contributed by atoms with Crippen molar-refractivity contribution in [2.24, 2.45) is 5.41 Å². The van der Waals surface area contributed by atoms with Gasteiger partial charge in [0.2, 0.25) is 0 Å². The van der Waals surface area contributed by atoms with Gasteiger partial charge in [-0.1, -0.05) is 33.8 Å². The van der Waals surface area contributed by atoms with Crippen molar-refractivity contribution in [3.8, 4) is 0 Å². The highest BCUT2D eigenvalue weighted by Gasteiger charge is 2.51. The Labute approximate surface area is 112 Å². The number of ether oxygens (including phenoxy) is 1. The minimum atomic E-state index is -0.255. The van der Waals surface area contributed by atoms with Gasteiger partial charge < -0.3 is 4.74 Å². The summed E-state index contributed by atoms with van der Waals surface area (Å²) in [5, 5.41) is 0. The van der Waals surface area contributed by atoms with Gasteiger partial charge in [-0.15, -0.1) is 0 Å². The first-order valence-electron chi connectivity index (χ1n) is 7.45. The standard InChI is InChI=1S/C16H28O2/c1-5-14(17)18-16(12-10-9-11-13-16)15(6-2,7-3)8-4/h5H,1,6-13H2,2-4H3. The van der Waals surface area contributed by atoms with E-state index in [1.54, 1.807) is 0 Å². The lowest BCUT2D eigenvalue weighted by atomic mass is 9.60. The molecule has 1 rings (SSSR count). The van der Waals surface area contributed by atoms with Gasteiger partial charge in [0.05, 0.1) is 0 Å². The van der Waals surface area contributed by atoms with Gasteiger partial charge in [-0.05, 0) is 44.9 Å². The lowest BCUT2D eigenvalue weighted by Crippen LogP contribution is -2.52. The molecule has 0 aromatic heterocycles. The van der Waals surface area contributed by atoms with Crippen molar-refractivity contribution in [3.05, 3.63) is 12.7 Å². The lowest BCUT2D eigenvalue weighted by Gasteiger charge is -2.51. The molecule has 1 aliphatic carbocycles. The van der Waals surface area contributed by atoms with Gasteiger partial charge in [0, 0.05) is 11.5 Å². The Morgan fingerprint density at radius 3 is 2.06 bits per heavy atom. The average Bonchev–Trinajstić information content (AvgIpc) is 2.42. The summed E-state index contributed by atoms with van der Waals surface area (Å²) in [6.07, 6.45) is 10.2. The molecule has 0 radical (unpaired) electrons. The molecule has 0 aromatic carbocycles. The van der Waals surface area contributed by atoms with Gasteiger partial charge in [-0.3, -0.25) is 0 Å². The Morgan fingerprint density at radius 1 is 1.17 bits per heavy atom. The number of carbonyl (C=O) groups excluding carboxylic acids is 1. The number of carbonyl (C=O) groups is 1. The molecular formula is C16H28O2. The van der Waals surface area contributed by atoms with Crippen LogP contribution in [0.15, 0.2) is 12.7 Å². The fourth-order valence-electron chi connectivity index (χ4n) is 3.81.